The average molecular weight is 490 g/mol. The van der Waals surface area contributed by atoms with Crippen LogP contribution in [0.4, 0.5) is 20.6 Å². The Morgan fingerprint density at radius 2 is 1.87 bits per heavy atom. The molecule has 9 heteroatoms. The summed E-state index contributed by atoms with van der Waals surface area (Å²) in [5, 5.41) is 0. The summed E-state index contributed by atoms with van der Waals surface area (Å²) < 4.78 is 27.2. The molecule has 0 saturated heterocycles. The van der Waals surface area contributed by atoms with Gasteiger partial charge in [-0.25, -0.2) is 13.5 Å². The summed E-state index contributed by atoms with van der Waals surface area (Å²) in [5.74, 6) is 0.592. The van der Waals surface area contributed by atoms with Crippen LogP contribution in [0.1, 0.15) is 5.69 Å². The molecule has 0 unspecified atom stereocenters. The fraction of sp³-hybridized carbons (Fsp3) is 0.143. The number of carbonyl (C=O) groups excluding carboxylic acids is 1. The number of aromatic nitrogens is 1. The molecule has 30 heavy (non-hydrogen) atoms. The summed E-state index contributed by atoms with van der Waals surface area (Å²) >= 11 is 4.50. The molecule has 6 nitrogen and oxygen atoms in total. The number of fused-ring (bicyclic) bond motifs is 1. The van der Waals surface area contributed by atoms with Crippen molar-refractivity contribution in [3.05, 3.63) is 70.7 Å². The first-order valence-electron chi connectivity index (χ1n) is 8.92. The zero-order valence-corrected chi connectivity index (χ0v) is 18.5. The van der Waals surface area contributed by atoms with Gasteiger partial charge >= 0.3 is 6.03 Å². The van der Waals surface area contributed by atoms with E-state index in [2.05, 4.69) is 20.9 Å². The van der Waals surface area contributed by atoms with Crippen molar-refractivity contribution in [2.75, 3.05) is 23.4 Å². The predicted molar refractivity (Wildman–Crippen MR) is 118 cm³/mol. The fourth-order valence-corrected chi connectivity index (χ4v) is 4.39. The summed E-state index contributed by atoms with van der Waals surface area (Å²) in [6.07, 6.45) is 1.51. The van der Waals surface area contributed by atoms with Crippen LogP contribution in [0.2, 0.25) is 0 Å². The van der Waals surface area contributed by atoms with Gasteiger partial charge in [-0.3, -0.25) is 9.88 Å². The van der Waals surface area contributed by atoms with Crippen molar-refractivity contribution >= 4 is 45.3 Å². The van der Waals surface area contributed by atoms with Crippen molar-refractivity contribution in [2.45, 2.75) is 11.4 Å². The number of hydrogen-bond acceptors (Lipinski definition) is 5. The highest BCUT2D eigenvalue weighted by atomic mass is 79.9. The SMILES string of the molecule is COc1ccc(N2Sc3ccccc3N(Cc3ncc(Br)cc3F)C2=O)cc1OC. The van der Waals surface area contributed by atoms with Crippen LogP contribution < -0.4 is 18.7 Å². The Balaban J connectivity index is 1.74. The molecule has 1 aromatic heterocycles. The van der Waals surface area contributed by atoms with Gasteiger partial charge in [-0.1, -0.05) is 12.1 Å². The molecule has 154 valence electrons. The topological polar surface area (TPSA) is 54.9 Å². The Kier molecular flexibility index (Phi) is 5.83. The van der Waals surface area contributed by atoms with Crippen molar-refractivity contribution in [3.8, 4) is 11.5 Å². The number of amides is 2. The minimum Gasteiger partial charge on any atom is -0.493 e. The highest BCUT2D eigenvalue weighted by molar-refractivity contribution is 9.10. The Hall–Kier alpha value is -2.78. The molecule has 4 rings (SSSR count). The first-order chi connectivity index (χ1) is 14.5. The average Bonchev–Trinajstić information content (AvgIpc) is 2.76. The van der Waals surface area contributed by atoms with Gasteiger partial charge in [0.25, 0.3) is 0 Å². The minimum atomic E-state index is -0.481. The number of ether oxygens (including phenoxy) is 2. The second-order valence-corrected chi connectivity index (χ2v) is 8.25. The fourth-order valence-electron chi connectivity index (χ4n) is 3.08. The van der Waals surface area contributed by atoms with E-state index in [9.17, 15) is 9.18 Å². The summed E-state index contributed by atoms with van der Waals surface area (Å²) in [7, 11) is 3.09. The summed E-state index contributed by atoms with van der Waals surface area (Å²) in [6, 6.07) is 13.8. The number of carbonyl (C=O) groups is 1. The van der Waals surface area contributed by atoms with E-state index >= 15 is 0 Å². The largest absolute Gasteiger partial charge is 0.493 e. The van der Waals surface area contributed by atoms with E-state index < -0.39 is 5.82 Å². The van der Waals surface area contributed by atoms with Gasteiger partial charge in [-0.05, 0) is 58.2 Å². The highest BCUT2D eigenvalue weighted by Crippen LogP contribution is 2.43. The van der Waals surface area contributed by atoms with Gasteiger partial charge in [0.15, 0.2) is 11.5 Å². The van der Waals surface area contributed by atoms with Crippen molar-refractivity contribution in [3.63, 3.8) is 0 Å². The highest BCUT2D eigenvalue weighted by Gasteiger charge is 2.33. The van der Waals surface area contributed by atoms with Gasteiger partial charge in [-0.2, -0.15) is 0 Å². The molecule has 0 N–H and O–H groups in total. The lowest BCUT2D eigenvalue weighted by Gasteiger charge is -2.35. The van der Waals surface area contributed by atoms with Crippen LogP contribution in [0, 0.1) is 5.82 Å². The molecule has 1 aliphatic heterocycles. The van der Waals surface area contributed by atoms with Crippen LogP contribution in [0.25, 0.3) is 0 Å². The number of pyridine rings is 1. The lowest BCUT2D eigenvalue weighted by atomic mass is 10.2. The third-order valence-electron chi connectivity index (χ3n) is 4.54. The van der Waals surface area contributed by atoms with E-state index in [-0.39, 0.29) is 18.3 Å². The molecule has 2 amide bonds. The van der Waals surface area contributed by atoms with Crippen LogP contribution in [-0.4, -0.2) is 25.2 Å². The van der Waals surface area contributed by atoms with E-state index in [4.69, 9.17) is 9.47 Å². The third kappa shape index (κ3) is 3.82. The summed E-state index contributed by atoms with van der Waals surface area (Å²) in [6.45, 7) is -0.000685. The van der Waals surface area contributed by atoms with Gasteiger partial charge in [0.1, 0.15) is 5.82 Å². The quantitative estimate of drug-likeness (QED) is 0.433. The maximum Gasteiger partial charge on any atom is 0.339 e. The number of rotatable bonds is 5. The molecule has 0 bridgehead atoms. The number of halogens is 2. The first-order valence-corrected chi connectivity index (χ1v) is 10.5. The summed E-state index contributed by atoms with van der Waals surface area (Å²) in [5.41, 5.74) is 1.50. The molecule has 0 radical (unpaired) electrons. The molecular formula is C21H17BrFN3O3S. The number of benzene rings is 2. The Bertz CT molecular complexity index is 1110. The van der Waals surface area contributed by atoms with Crippen LogP contribution in [0.5, 0.6) is 11.5 Å². The second-order valence-electron chi connectivity index (χ2n) is 6.34. The maximum absolute atomic E-state index is 14.4. The monoisotopic (exact) mass is 489 g/mol. The van der Waals surface area contributed by atoms with Crippen molar-refractivity contribution in [1.82, 2.24) is 4.98 Å². The molecule has 0 fully saturated rings. The van der Waals surface area contributed by atoms with Crippen molar-refractivity contribution in [2.24, 2.45) is 0 Å². The van der Waals surface area contributed by atoms with Gasteiger partial charge in [0.05, 0.1) is 42.7 Å². The van der Waals surface area contributed by atoms with Gasteiger partial charge in [-0.15, -0.1) is 0 Å². The van der Waals surface area contributed by atoms with Gasteiger partial charge < -0.3 is 9.47 Å². The third-order valence-corrected chi connectivity index (χ3v) is 6.07. The molecule has 3 aromatic rings. The lowest BCUT2D eigenvalue weighted by Crippen LogP contribution is -2.43. The molecule has 2 aromatic carbocycles. The Labute approximate surface area is 185 Å². The number of hydrogen-bond donors (Lipinski definition) is 0. The molecule has 1 aliphatic rings. The molecule has 0 saturated carbocycles. The maximum atomic E-state index is 14.4. The predicted octanol–water partition coefficient (Wildman–Crippen LogP) is 5.65. The van der Waals surface area contributed by atoms with Crippen LogP contribution in [0.15, 0.2) is 64.1 Å². The zero-order valence-electron chi connectivity index (χ0n) is 16.1. The summed E-state index contributed by atoms with van der Waals surface area (Å²) in [4.78, 5) is 20.0. The minimum absolute atomic E-state index is 0.000685. The Morgan fingerprint density at radius 1 is 1.10 bits per heavy atom. The molecule has 0 aliphatic carbocycles. The number of anilines is 2. The molecule has 0 spiro atoms. The molecular weight excluding hydrogens is 473 g/mol. The smallest absolute Gasteiger partial charge is 0.339 e. The van der Waals surface area contributed by atoms with Gasteiger partial charge in [0, 0.05) is 16.7 Å². The zero-order chi connectivity index (χ0) is 21.3. The standard InChI is InChI=1S/C21H17BrFN3O3S/c1-28-18-8-7-14(10-19(18)29-2)26-21(27)25(17-5-3-4-6-20(17)30-26)12-16-15(23)9-13(22)11-24-16/h3-11H,12H2,1-2H3. The van der Waals surface area contributed by atoms with Crippen molar-refractivity contribution in [1.29, 1.82) is 0 Å². The lowest BCUT2D eigenvalue weighted by molar-refractivity contribution is 0.254. The molecule has 0 atom stereocenters. The normalized spacial score (nSPS) is 13.3. The van der Waals surface area contributed by atoms with E-state index in [0.29, 0.717) is 27.3 Å². The number of methoxy groups -OCH3 is 2. The number of para-hydroxylation sites is 1. The van der Waals surface area contributed by atoms with Crippen molar-refractivity contribution < 1.29 is 18.7 Å². The number of nitrogens with zero attached hydrogens (tertiary/aromatic N) is 3. The van der Waals surface area contributed by atoms with Gasteiger partial charge in [0.2, 0.25) is 0 Å². The second kappa shape index (κ2) is 8.53. The van der Waals surface area contributed by atoms with E-state index in [1.165, 1.54) is 36.2 Å². The number of urea groups is 1. The van der Waals surface area contributed by atoms with Crippen LogP contribution in [-0.2, 0) is 6.54 Å². The molecule has 2 heterocycles. The first kappa shape index (κ1) is 20.5. The Morgan fingerprint density at radius 3 is 2.60 bits per heavy atom. The van der Waals surface area contributed by atoms with E-state index in [1.54, 1.807) is 29.6 Å². The van der Waals surface area contributed by atoms with Crippen LogP contribution in [0.3, 0.4) is 0 Å². The van der Waals surface area contributed by atoms with Crippen LogP contribution >= 0.6 is 27.9 Å². The van der Waals surface area contributed by atoms with E-state index in [1.807, 2.05) is 24.3 Å². The van der Waals surface area contributed by atoms with E-state index in [0.717, 1.165) is 4.90 Å².